The molecule has 0 radical (unpaired) electrons. The second-order valence-corrected chi connectivity index (χ2v) is 9.25. The molecule has 1 amide bonds. The standard InChI is InChI=1S/C20H23ClN2O3S/c1-14-9-10-15(2)19(12-14)27(25,26)23-11-5-6-16(13-23)20(24)22-18-8-4-3-7-17(18)21/h3-4,7-10,12,16H,5-6,11,13H2,1-2H3,(H,22,24). The number of hydrogen-bond acceptors (Lipinski definition) is 3. The fourth-order valence-electron chi connectivity index (χ4n) is 3.30. The summed E-state index contributed by atoms with van der Waals surface area (Å²) in [4.78, 5) is 13.0. The van der Waals surface area contributed by atoms with Crippen LogP contribution < -0.4 is 5.32 Å². The van der Waals surface area contributed by atoms with E-state index in [9.17, 15) is 13.2 Å². The number of hydrogen-bond donors (Lipinski definition) is 1. The third-order valence-electron chi connectivity index (χ3n) is 4.85. The zero-order valence-corrected chi connectivity index (χ0v) is 17.0. The van der Waals surface area contributed by atoms with Crippen LogP contribution in [-0.2, 0) is 14.8 Å². The summed E-state index contributed by atoms with van der Waals surface area (Å²) in [5.41, 5.74) is 2.14. The first-order valence-electron chi connectivity index (χ1n) is 8.92. The summed E-state index contributed by atoms with van der Waals surface area (Å²) >= 11 is 6.10. The minimum absolute atomic E-state index is 0.173. The lowest BCUT2D eigenvalue weighted by atomic mass is 9.99. The highest BCUT2D eigenvalue weighted by Gasteiger charge is 2.34. The second-order valence-electron chi connectivity index (χ2n) is 6.94. The third kappa shape index (κ3) is 4.34. The molecule has 1 atom stereocenters. The summed E-state index contributed by atoms with van der Waals surface area (Å²) in [6.07, 6.45) is 1.29. The molecule has 1 aliphatic heterocycles. The van der Waals surface area contributed by atoms with E-state index < -0.39 is 15.9 Å². The molecule has 0 aliphatic carbocycles. The van der Waals surface area contributed by atoms with Crippen molar-refractivity contribution in [3.63, 3.8) is 0 Å². The number of piperidine rings is 1. The van der Waals surface area contributed by atoms with Crippen LogP contribution in [0.25, 0.3) is 0 Å². The molecular weight excluding hydrogens is 384 g/mol. The number of amides is 1. The number of anilines is 1. The number of sulfonamides is 1. The Morgan fingerprint density at radius 3 is 2.67 bits per heavy atom. The minimum atomic E-state index is -3.64. The molecule has 1 N–H and O–H groups in total. The Balaban J connectivity index is 1.78. The van der Waals surface area contributed by atoms with Crippen molar-refractivity contribution in [1.29, 1.82) is 0 Å². The van der Waals surface area contributed by atoms with E-state index in [1.54, 1.807) is 37.3 Å². The molecule has 1 fully saturated rings. The molecule has 27 heavy (non-hydrogen) atoms. The summed E-state index contributed by atoms with van der Waals surface area (Å²) in [7, 11) is -3.64. The van der Waals surface area contributed by atoms with Crippen molar-refractivity contribution in [2.75, 3.05) is 18.4 Å². The maximum atomic E-state index is 13.1. The Morgan fingerprint density at radius 1 is 1.19 bits per heavy atom. The van der Waals surface area contributed by atoms with Gasteiger partial charge in [0.1, 0.15) is 0 Å². The van der Waals surface area contributed by atoms with Gasteiger partial charge in [-0.3, -0.25) is 4.79 Å². The molecule has 5 nitrogen and oxygen atoms in total. The summed E-state index contributed by atoms with van der Waals surface area (Å²) in [5.74, 6) is -0.612. The number of halogens is 1. The lowest BCUT2D eigenvalue weighted by Crippen LogP contribution is -2.43. The van der Waals surface area contributed by atoms with Gasteiger partial charge in [0.15, 0.2) is 0 Å². The first-order chi connectivity index (χ1) is 12.8. The molecule has 1 saturated heterocycles. The molecule has 3 rings (SSSR count). The quantitative estimate of drug-likeness (QED) is 0.834. The Kier molecular flexibility index (Phi) is 5.89. The van der Waals surface area contributed by atoms with Crippen LogP contribution in [0.3, 0.4) is 0 Å². The van der Waals surface area contributed by atoms with Crippen LogP contribution in [-0.4, -0.2) is 31.7 Å². The highest BCUT2D eigenvalue weighted by atomic mass is 35.5. The van der Waals surface area contributed by atoms with Gasteiger partial charge >= 0.3 is 0 Å². The van der Waals surface area contributed by atoms with Crippen molar-refractivity contribution < 1.29 is 13.2 Å². The normalized spacial score (nSPS) is 18.3. The molecule has 1 heterocycles. The van der Waals surface area contributed by atoms with Crippen LogP contribution in [0, 0.1) is 19.8 Å². The molecule has 1 aliphatic rings. The van der Waals surface area contributed by atoms with Gasteiger partial charge in [-0.15, -0.1) is 0 Å². The number of nitrogens with zero attached hydrogens (tertiary/aromatic N) is 1. The zero-order chi connectivity index (χ0) is 19.6. The summed E-state index contributed by atoms with van der Waals surface area (Å²) in [6.45, 7) is 4.25. The third-order valence-corrected chi connectivity index (χ3v) is 7.18. The molecule has 0 saturated carbocycles. The number of nitrogens with one attached hydrogen (secondary N) is 1. The van der Waals surface area contributed by atoms with Gasteiger partial charge in [0.2, 0.25) is 15.9 Å². The van der Waals surface area contributed by atoms with Crippen molar-refractivity contribution in [3.8, 4) is 0 Å². The number of benzene rings is 2. The van der Waals surface area contributed by atoms with E-state index in [1.165, 1.54) is 4.31 Å². The van der Waals surface area contributed by atoms with E-state index in [-0.39, 0.29) is 12.5 Å². The van der Waals surface area contributed by atoms with E-state index in [1.807, 2.05) is 19.1 Å². The van der Waals surface area contributed by atoms with Crippen molar-refractivity contribution in [2.24, 2.45) is 5.92 Å². The molecule has 1 unspecified atom stereocenters. The van der Waals surface area contributed by atoms with Crippen LogP contribution in [0.5, 0.6) is 0 Å². The van der Waals surface area contributed by atoms with E-state index in [2.05, 4.69) is 5.32 Å². The fraction of sp³-hybridized carbons (Fsp3) is 0.350. The number of carbonyl (C=O) groups excluding carboxylic acids is 1. The lowest BCUT2D eigenvalue weighted by molar-refractivity contribution is -0.120. The van der Waals surface area contributed by atoms with Gasteiger partial charge in [-0.25, -0.2) is 8.42 Å². The SMILES string of the molecule is Cc1ccc(C)c(S(=O)(=O)N2CCCC(C(=O)Nc3ccccc3Cl)C2)c1. The van der Waals surface area contributed by atoms with Crippen LogP contribution in [0.4, 0.5) is 5.69 Å². The van der Waals surface area contributed by atoms with Gasteiger partial charge in [0.25, 0.3) is 0 Å². The van der Waals surface area contributed by atoms with Crippen molar-refractivity contribution in [2.45, 2.75) is 31.6 Å². The number of aryl methyl sites for hydroxylation is 2. The molecule has 7 heteroatoms. The van der Waals surface area contributed by atoms with E-state index >= 15 is 0 Å². The highest BCUT2D eigenvalue weighted by molar-refractivity contribution is 7.89. The Hall–Kier alpha value is -1.89. The average Bonchev–Trinajstić information content (AvgIpc) is 2.65. The Bertz CT molecular complexity index is 959. The zero-order valence-electron chi connectivity index (χ0n) is 15.4. The second kappa shape index (κ2) is 8.00. The first kappa shape index (κ1) is 19.9. The van der Waals surface area contributed by atoms with Gasteiger partial charge < -0.3 is 5.32 Å². The predicted octanol–water partition coefficient (Wildman–Crippen LogP) is 4.00. The molecule has 144 valence electrons. The lowest BCUT2D eigenvalue weighted by Gasteiger charge is -2.31. The van der Waals surface area contributed by atoms with E-state index in [4.69, 9.17) is 11.6 Å². The van der Waals surface area contributed by atoms with E-state index in [0.29, 0.717) is 40.6 Å². The predicted molar refractivity (Wildman–Crippen MR) is 107 cm³/mol. The molecule has 0 bridgehead atoms. The monoisotopic (exact) mass is 406 g/mol. The van der Waals surface area contributed by atoms with Gasteiger partial charge in [-0.05, 0) is 56.0 Å². The fourth-order valence-corrected chi connectivity index (χ4v) is 5.31. The molecule has 0 aromatic heterocycles. The number of para-hydroxylation sites is 1. The maximum Gasteiger partial charge on any atom is 0.243 e. The molecule has 0 spiro atoms. The van der Waals surface area contributed by atoms with Crippen molar-refractivity contribution in [3.05, 3.63) is 58.6 Å². The van der Waals surface area contributed by atoms with Gasteiger partial charge in [0, 0.05) is 13.1 Å². The number of carbonyl (C=O) groups is 1. The smallest absolute Gasteiger partial charge is 0.243 e. The van der Waals surface area contributed by atoms with Crippen molar-refractivity contribution >= 4 is 33.2 Å². The van der Waals surface area contributed by atoms with Gasteiger partial charge in [-0.1, -0.05) is 35.9 Å². The topological polar surface area (TPSA) is 66.5 Å². The first-order valence-corrected chi connectivity index (χ1v) is 10.7. The Labute approximate surface area is 165 Å². The van der Waals surface area contributed by atoms with Gasteiger partial charge in [0.05, 0.1) is 21.5 Å². The average molecular weight is 407 g/mol. The Morgan fingerprint density at radius 2 is 1.93 bits per heavy atom. The molecule has 2 aromatic carbocycles. The van der Waals surface area contributed by atoms with Crippen LogP contribution >= 0.6 is 11.6 Å². The van der Waals surface area contributed by atoms with Gasteiger partial charge in [-0.2, -0.15) is 4.31 Å². The van der Waals surface area contributed by atoms with Crippen LogP contribution in [0.15, 0.2) is 47.4 Å². The number of rotatable bonds is 4. The maximum absolute atomic E-state index is 13.1. The van der Waals surface area contributed by atoms with Crippen LogP contribution in [0.1, 0.15) is 24.0 Å². The van der Waals surface area contributed by atoms with Crippen molar-refractivity contribution in [1.82, 2.24) is 4.31 Å². The summed E-state index contributed by atoms with van der Waals surface area (Å²) < 4.78 is 27.7. The summed E-state index contributed by atoms with van der Waals surface area (Å²) in [5, 5.41) is 3.28. The van der Waals surface area contributed by atoms with E-state index in [0.717, 1.165) is 5.56 Å². The largest absolute Gasteiger partial charge is 0.324 e. The minimum Gasteiger partial charge on any atom is -0.324 e. The summed E-state index contributed by atoms with van der Waals surface area (Å²) in [6, 6.07) is 12.4. The molecular formula is C20H23ClN2O3S. The molecule has 2 aromatic rings. The highest BCUT2D eigenvalue weighted by Crippen LogP contribution is 2.28. The van der Waals surface area contributed by atoms with Crippen LogP contribution in [0.2, 0.25) is 5.02 Å².